The molecule has 138 valence electrons. The van der Waals surface area contributed by atoms with Gasteiger partial charge in [0, 0.05) is 25.2 Å². The summed E-state index contributed by atoms with van der Waals surface area (Å²) in [6, 6.07) is 24.7. The molecule has 1 heterocycles. The second-order valence-corrected chi connectivity index (χ2v) is 6.72. The third kappa shape index (κ3) is 5.02. The minimum absolute atomic E-state index is 0.122. The zero-order valence-corrected chi connectivity index (χ0v) is 15.4. The number of nitrogens with zero attached hydrogens (tertiary/aromatic N) is 2. The number of aromatic nitrogens is 1. The van der Waals surface area contributed by atoms with E-state index in [1.165, 1.54) is 0 Å². The number of carbonyl (C=O) groups excluding carboxylic acids is 1. The molecule has 2 unspecified atom stereocenters. The van der Waals surface area contributed by atoms with Crippen LogP contribution in [0.2, 0.25) is 0 Å². The van der Waals surface area contributed by atoms with Gasteiger partial charge < -0.3 is 10.0 Å². The molecule has 0 bridgehead atoms. The average Bonchev–Trinajstić information content (AvgIpc) is 2.74. The monoisotopic (exact) mass is 360 g/mol. The Morgan fingerprint density at radius 3 is 2.22 bits per heavy atom. The van der Waals surface area contributed by atoms with Crippen molar-refractivity contribution < 1.29 is 9.90 Å². The Kier molecular flexibility index (Phi) is 6.34. The van der Waals surface area contributed by atoms with Crippen LogP contribution in [0.15, 0.2) is 85.1 Å². The van der Waals surface area contributed by atoms with Crippen molar-refractivity contribution >= 4 is 5.91 Å². The molecule has 0 aliphatic carbocycles. The minimum Gasteiger partial charge on any atom is -0.388 e. The van der Waals surface area contributed by atoms with E-state index in [1.807, 2.05) is 73.7 Å². The molecule has 0 saturated carbocycles. The van der Waals surface area contributed by atoms with Crippen molar-refractivity contribution in [1.29, 1.82) is 0 Å². The van der Waals surface area contributed by atoms with Crippen molar-refractivity contribution in [2.75, 3.05) is 6.54 Å². The average molecular weight is 360 g/mol. The van der Waals surface area contributed by atoms with Crippen LogP contribution in [0.25, 0.3) is 0 Å². The number of pyridine rings is 1. The second kappa shape index (κ2) is 9.10. The van der Waals surface area contributed by atoms with Gasteiger partial charge in [-0.1, -0.05) is 73.7 Å². The summed E-state index contributed by atoms with van der Waals surface area (Å²) in [4.78, 5) is 19.0. The summed E-state index contributed by atoms with van der Waals surface area (Å²) in [7, 11) is 0. The molecule has 2 atom stereocenters. The Balaban J connectivity index is 1.79. The number of amides is 1. The molecule has 1 aromatic heterocycles. The maximum absolute atomic E-state index is 13.0. The van der Waals surface area contributed by atoms with Gasteiger partial charge in [0.15, 0.2) is 0 Å². The second-order valence-electron chi connectivity index (χ2n) is 6.72. The lowest BCUT2D eigenvalue weighted by Crippen LogP contribution is -2.36. The van der Waals surface area contributed by atoms with Gasteiger partial charge in [-0.05, 0) is 23.3 Å². The zero-order chi connectivity index (χ0) is 19.1. The summed E-state index contributed by atoms with van der Waals surface area (Å²) in [5.41, 5.74) is 2.31. The third-order valence-electron chi connectivity index (χ3n) is 4.58. The van der Waals surface area contributed by atoms with E-state index in [-0.39, 0.29) is 11.8 Å². The first-order valence-electron chi connectivity index (χ1n) is 9.12. The van der Waals surface area contributed by atoms with E-state index in [2.05, 4.69) is 4.98 Å². The van der Waals surface area contributed by atoms with Crippen LogP contribution in [0, 0.1) is 5.92 Å². The van der Waals surface area contributed by atoms with Gasteiger partial charge in [-0.3, -0.25) is 9.78 Å². The van der Waals surface area contributed by atoms with Crippen LogP contribution in [-0.2, 0) is 6.54 Å². The third-order valence-corrected chi connectivity index (χ3v) is 4.58. The van der Waals surface area contributed by atoms with Crippen molar-refractivity contribution in [1.82, 2.24) is 9.88 Å². The predicted octanol–water partition coefficient (Wildman–Crippen LogP) is 4.09. The predicted molar refractivity (Wildman–Crippen MR) is 106 cm³/mol. The van der Waals surface area contributed by atoms with Crippen LogP contribution < -0.4 is 0 Å². The van der Waals surface area contributed by atoms with E-state index >= 15 is 0 Å². The molecule has 0 aliphatic heterocycles. The van der Waals surface area contributed by atoms with E-state index in [0.29, 0.717) is 18.8 Å². The Morgan fingerprint density at radius 2 is 1.59 bits per heavy atom. The summed E-state index contributed by atoms with van der Waals surface area (Å²) < 4.78 is 0. The quantitative estimate of drug-likeness (QED) is 0.690. The van der Waals surface area contributed by atoms with Crippen molar-refractivity contribution in [3.63, 3.8) is 0 Å². The topological polar surface area (TPSA) is 53.4 Å². The standard InChI is InChI=1S/C23H24N2O2/c1-18(22(26)20-12-6-3-7-13-20)16-25(17-19-10-4-2-5-11-19)23(27)21-14-8-9-15-24-21/h2-15,18,22,26H,16-17H2,1H3. The first-order valence-corrected chi connectivity index (χ1v) is 9.12. The van der Waals surface area contributed by atoms with E-state index in [9.17, 15) is 9.90 Å². The van der Waals surface area contributed by atoms with Crippen molar-refractivity contribution in [2.45, 2.75) is 19.6 Å². The molecule has 0 fully saturated rings. The highest BCUT2D eigenvalue weighted by Crippen LogP contribution is 2.23. The molecule has 0 radical (unpaired) electrons. The molecule has 3 rings (SSSR count). The molecule has 0 saturated heterocycles. The first kappa shape index (κ1) is 18.8. The Bertz CT molecular complexity index is 838. The fraction of sp³-hybridized carbons (Fsp3) is 0.217. The SMILES string of the molecule is CC(CN(Cc1ccccc1)C(=O)c1ccccn1)C(O)c1ccccc1. The Hall–Kier alpha value is -2.98. The van der Waals surface area contributed by atoms with E-state index in [4.69, 9.17) is 0 Å². The zero-order valence-electron chi connectivity index (χ0n) is 15.4. The molecule has 2 aromatic carbocycles. The molecule has 4 nitrogen and oxygen atoms in total. The van der Waals surface area contributed by atoms with Gasteiger partial charge in [0.25, 0.3) is 5.91 Å². The van der Waals surface area contributed by atoms with Crippen LogP contribution in [-0.4, -0.2) is 27.4 Å². The van der Waals surface area contributed by atoms with Gasteiger partial charge in [0.05, 0.1) is 6.10 Å². The van der Waals surface area contributed by atoms with Crippen molar-refractivity contribution in [3.05, 3.63) is 102 Å². The summed E-state index contributed by atoms with van der Waals surface area (Å²) in [6.45, 7) is 2.86. The lowest BCUT2D eigenvalue weighted by atomic mass is 9.96. The number of benzene rings is 2. The maximum Gasteiger partial charge on any atom is 0.272 e. The molecule has 3 aromatic rings. The fourth-order valence-corrected chi connectivity index (χ4v) is 3.10. The van der Waals surface area contributed by atoms with Crippen LogP contribution in [0.4, 0.5) is 0 Å². The van der Waals surface area contributed by atoms with Gasteiger partial charge in [-0.15, -0.1) is 0 Å². The van der Waals surface area contributed by atoms with Crippen LogP contribution in [0.5, 0.6) is 0 Å². The minimum atomic E-state index is -0.638. The highest BCUT2D eigenvalue weighted by Gasteiger charge is 2.24. The van der Waals surface area contributed by atoms with Crippen LogP contribution in [0.1, 0.15) is 34.6 Å². The van der Waals surface area contributed by atoms with E-state index in [0.717, 1.165) is 11.1 Å². The highest BCUT2D eigenvalue weighted by atomic mass is 16.3. The van der Waals surface area contributed by atoms with Gasteiger partial charge >= 0.3 is 0 Å². The number of carbonyl (C=O) groups is 1. The van der Waals surface area contributed by atoms with Gasteiger partial charge in [0.1, 0.15) is 5.69 Å². The number of hydrogen-bond acceptors (Lipinski definition) is 3. The number of aliphatic hydroxyl groups excluding tert-OH is 1. The summed E-state index contributed by atoms with van der Waals surface area (Å²) >= 11 is 0. The Labute approximate surface area is 160 Å². The highest BCUT2D eigenvalue weighted by molar-refractivity contribution is 5.92. The molecule has 0 aliphatic rings. The molecule has 1 amide bonds. The largest absolute Gasteiger partial charge is 0.388 e. The van der Waals surface area contributed by atoms with Crippen molar-refractivity contribution in [3.8, 4) is 0 Å². The lowest BCUT2D eigenvalue weighted by Gasteiger charge is -2.28. The smallest absolute Gasteiger partial charge is 0.272 e. The van der Waals surface area contributed by atoms with E-state index < -0.39 is 6.10 Å². The van der Waals surface area contributed by atoms with Crippen LogP contribution in [0.3, 0.4) is 0 Å². The van der Waals surface area contributed by atoms with Crippen molar-refractivity contribution in [2.24, 2.45) is 5.92 Å². The normalized spacial score (nSPS) is 13.0. The van der Waals surface area contributed by atoms with Gasteiger partial charge in [-0.25, -0.2) is 0 Å². The molecule has 0 spiro atoms. The fourth-order valence-electron chi connectivity index (χ4n) is 3.10. The number of aliphatic hydroxyl groups is 1. The number of hydrogen-bond donors (Lipinski definition) is 1. The summed E-state index contributed by atoms with van der Waals surface area (Å²) in [6.07, 6.45) is 0.983. The number of rotatable bonds is 7. The molecule has 27 heavy (non-hydrogen) atoms. The van der Waals surface area contributed by atoms with E-state index in [1.54, 1.807) is 23.2 Å². The Morgan fingerprint density at radius 1 is 0.963 bits per heavy atom. The van der Waals surface area contributed by atoms with Crippen LogP contribution >= 0.6 is 0 Å². The summed E-state index contributed by atoms with van der Waals surface area (Å²) in [5, 5.41) is 10.7. The molecule has 4 heteroatoms. The molecular formula is C23H24N2O2. The van der Waals surface area contributed by atoms with Gasteiger partial charge in [-0.2, -0.15) is 0 Å². The first-order chi connectivity index (χ1) is 13.1. The maximum atomic E-state index is 13.0. The summed E-state index contributed by atoms with van der Waals surface area (Å²) in [5.74, 6) is -0.254. The van der Waals surface area contributed by atoms with Gasteiger partial charge in [0.2, 0.25) is 0 Å². The molecule has 1 N–H and O–H groups in total. The lowest BCUT2D eigenvalue weighted by molar-refractivity contribution is 0.0581. The molecular weight excluding hydrogens is 336 g/mol.